The van der Waals surface area contributed by atoms with Gasteiger partial charge in [0.25, 0.3) is 5.91 Å². The smallest absolute Gasteiger partial charge is 0.408 e. The summed E-state index contributed by atoms with van der Waals surface area (Å²) in [6.07, 6.45) is 12.8. The average molecular weight is 472 g/mol. The second kappa shape index (κ2) is 12.8. The normalized spacial score (nSPS) is 12.6. The van der Waals surface area contributed by atoms with E-state index in [4.69, 9.17) is 17.6 Å². The molecule has 8 heteroatoms. The maximum atomic E-state index is 13.6. The van der Waals surface area contributed by atoms with E-state index in [1.54, 1.807) is 58.9 Å². The minimum Gasteiger partial charge on any atom is -0.444 e. The molecule has 0 bridgehead atoms. The van der Waals surface area contributed by atoms with E-state index in [0.717, 1.165) is 4.90 Å². The van der Waals surface area contributed by atoms with Crippen LogP contribution in [-0.4, -0.2) is 52.5 Å². The van der Waals surface area contributed by atoms with Crippen LogP contribution in [0.1, 0.15) is 58.2 Å². The molecule has 2 atom stereocenters. The van der Waals surface area contributed by atoms with Crippen molar-refractivity contribution in [3.8, 4) is 24.8 Å². The van der Waals surface area contributed by atoms with Crippen LogP contribution in [0.2, 0.25) is 0 Å². The summed E-state index contributed by atoms with van der Waals surface area (Å²) >= 11 is 1.51. The van der Waals surface area contributed by atoms with Crippen molar-refractivity contribution in [2.24, 2.45) is 0 Å². The number of ether oxygens (including phenoxy) is 1. The van der Waals surface area contributed by atoms with Gasteiger partial charge in [0.05, 0.1) is 0 Å². The minimum absolute atomic E-state index is 0.195. The molecular weight excluding hydrogens is 438 g/mol. The Labute approximate surface area is 201 Å². The summed E-state index contributed by atoms with van der Waals surface area (Å²) in [6, 6.07) is 6.78. The fourth-order valence-electron chi connectivity index (χ4n) is 3.00. The second-order valence-electron chi connectivity index (χ2n) is 8.62. The highest BCUT2D eigenvalue weighted by Crippen LogP contribution is 2.26. The topological polar surface area (TPSA) is 87.7 Å². The molecule has 0 aromatic heterocycles. The fourth-order valence-corrected chi connectivity index (χ4v) is 3.48. The zero-order chi connectivity index (χ0) is 25.2. The number of amides is 3. The molecule has 3 amide bonds. The van der Waals surface area contributed by atoms with Crippen molar-refractivity contribution in [3.05, 3.63) is 35.4 Å². The molecule has 0 spiro atoms. The number of hydrogen-bond acceptors (Lipinski definition) is 5. The van der Waals surface area contributed by atoms with Gasteiger partial charge in [0.2, 0.25) is 5.91 Å². The molecule has 0 aliphatic rings. The van der Waals surface area contributed by atoms with Crippen molar-refractivity contribution in [1.29, 1.82) is 0 Å². The first-order valence-electron chi connectivity index (χ1n) is 10.6. The first-order chi connectivity index (χ1) is 15.4. The van der Waals surface area contributed by atoms with E-state index >= 15 is 0 Å². The largest absolute Gasteiger partial charge is 0.444 e. The van der Waals surface area contributed by atoms with Gasteiger partial charge < -0.3 is 15.4 Å². The maximum Gasteiger partial charge on any atom is 0.408 e. The molecule has 2 unspecified atom stereocenters. The molecule has 33 heavy (non-hydrogen) atoms. The minimum atomic E-state index is -1.17. The lowest BCUT2D eigenvalue weighted by atomic mass is 9.97. The van der Waals surface area contributed by atoms with Crippen LogP contribution in [0.4, 0.5) is 4.79 Å². The number of alkyl carbamates (subject to hydrolysis) is 1. The lowest BCUT2D eigenvalue weighted by Gasteiger charge is -2.31. The predicted molar refractivity (Wildman–Crippen MR) is 132 cm³/mol. The van der Waals surface area contributed by atoms with Crippen LogP contribution in [0.25, 0.3) is 0 Å². The molecule has 0 radical (unpaired) electrons. The van der Waals surface area contributed by atoms with Crippen molar-refractivity contribution in [1.82, 2.24) is 15.5 Å². The molecule has 0 aliphatic heterocycles. The predicted octanol–water partition coefficient (Wildman–Crippen LogP) is 3.30. The monoisotopic (exact) mass is 471 g/mol. The number of carbonyl (C=O) groups is 3. The fraction of sp³-hybridized carbons (Fsp3) is 0.480. The number of nitrogens with one attached hydrogen (secondary N) is 2. The number of terminal acetylenes is 2. The molecule has 0 saturated heterocycles. The average Bonchev–Trinajstić information content (AvgIpc) is 2.72. The third kappa shape index (κ3) is 8.75. The van der Waals surface area contributed by atoms with Gasteiger partial charge in [0.1, 0.15) is 17.7 Å². The van der Waals surface area contributed by atoms with Crippen LogP contribution in [0.5, 0.6) is 0 Å². The second-order valence-corrected chi connectivity index (χ2v) is 9.60. The standard InChI is InChI=1S/C25H33N3O4S/c1-9-18-13-11-12-14-19(18)21(22(29)26-17(3)4)28(10-2)23(30)20(15-16-33-8)27-24(31)32-25(5,6)7/h1-2,11-14,17,20-21H,15-16H2,3-8H3,(H,26,29)(H,27,31). The Hall–Kier alpha value is -3.10. The molecule has 2 N–H and O–H groups in total. The molecule has 7 nitrogen and oxygen atoms in total. The van der Waals surface area contributed by atoms with Crippen LogP contribution >= 0.6 is 11.8 Å². The number of hydrogen-bond donors (Lipinski definition) is 2. The Morgan fingerprint density at radius 3 is 2.30 bits per heavy atom. The molecule has 0 aliphatic carbocycles. The van der Waals surface area contributed by atoms with E-state index in [9.17, 15) is 14.4 Å². The van der Waals surface area contributed by atoms with Gasteiger partial charge in [-0.15, -0.1) is 6.42 Å². The summed E-state index contributed by atoms with van der Waals surface area (Å²) in [7, 11) is 0. The van der Waals surface area contributed by atoms with Gasteiger partial charge >= 0.3 is 6.09 Å². The Morgan fingerprint density at radius 2 is 1.79 bits per heavy atom. The third-order valence-electron chi connectivity index (χ3n) is 4.32. The van der Waals surface area contributed by atoms with Gasteiger partial charge in [-0.25, -0.2) is 4.79 Å². The number of carbonyl (C=O) groups excluding carboxylic acids is 3. The molecule has 1 aromatic carbocycles. The number of thioether (sulfide) groups is 1. The Balaban J connectivity index is 3.42. The Morgan fingerprint density at radius 1 is 1.15 bits per heavy atom. The Bertz CT molecular complexity index is 925. The van der Waals surface area contributed by atoms with Gasteiger partial charge in [-0.2, -0.15) is 11.8 Å². The van der Waals surface area contributed by atoms with E-state index < -0.39 is 35.6 Å². The number of benzene rings is 1. The highest BCUT2D eigenvalue weighted by Gasteiger charge is 2.36. The number of rotatable bonds is 9. The summed E-state index contributed by atoms with van der Waals surface area (Å²) in [5.41, 5.74) is 0.120. The molecular formula is C25H33N3O4S. The zero-order valence-corrected chi connectivity index (χ0v) is 20.9. The third-order valence-corrected chi connectivity index (χ3v) is 4.97. The highest BCUT2D eigenvalue weighted by atomic mass is 32.2. The zero-order valence-electron chi connectivity index (χ0n) is 20.1. The Kier molecular flexibility index (Phi) is 10.8. The lowest BCUT2D eigenvalue weighted by molar-refractivity contribution is -0.138. The van der Waals surface area contributed by atoms with Crippen molar-refractivity contribution in [2.75, 3.05) is 12.0 Å². The van der Waals surface area contributed by atoms with Crippen LogP contribution < -0.4 is 10.6 Å². The first-order valence-corrected chi connectivity index (χ1v) is 12.0. The van der Waals surface area contributed by atoms with E-state index in [0.29, 0.717) is 23.3 Å². The highest BCUT2D eigenvalue weighted by molar-refractivity contribution is 7.98. The van der Waals surface area contributed by atoms with Gasteiger partial charge in [0.15, 0.2) is 0 Å². The molecule has 178 valence electrons. The number of nitrogens with zero attached hydrogens (tertiary/aromatic N) is 1. The molecule has 0 heterocycles. The van der Waals surface area contributed by atoms with Gasteiger partial charge in [-0.1, -0.05) is 30.5 Å². The molecule has 1 rings (SSSR count). The van der Waals surface area contributed by atoms with Crippen LogP contribution in [0, 0.1) is 24.8 Å². The van der Waals surface area contributed by atoms with E-state index in [1.807, 2.05) is 6.26 Å². The SMILES string of the molecule is C#Cc1ccccc1C(C(=O)NC(C)C)N(C#C)C(=O)C(CCSC)NC(=O)OC(C)(C)C. The van der Waals surface area contributed by atoms with Gasteiger partial charge in [-0.05, 0) is 59.1 Å². The summed E-state index contributed by atoms with van der Waals surface area (Å²) in [6.45, 7) is 8.77. The summed E-state index contributed by atoms with van der Waals surface area (Å²) < 4.78 is 5.31. The van der Waals surface area contributed by atoms with Crippen LogP contribution in [-0.2, 0) is 14.3 Å². The maximum absolute atomic E-state index is 13.6. The summed E-state index contributed by atoms with van der Waals surface area (Å²) in [5.74, 6) is 2.05. The molecule has 0 fully saturated rings. The summed E-state index contributed by atoms with van der Waals surface area (Å²) in [5, 5.41) is 5.41. The van der Waals surface area contributed by atoms with Gasteiger partial charge in [0, 0.05) is 23.2 Å². The summed E-state index contributed by atoms with van der Waals surface area (Å²) in [4.78, 5) is 40.1. The first kappa shape index (κ1) is 27.9. The van der Waals surface area contributed by atoms with Gasteiger partial charge in [-0.3, -0.25) is 14.5 Å². The van der Waals surface area contributed by atoms with E-state index in [1.165, 1.54) is 11.8 Å². The van der Waals surface area contributed by atoms with Crippen molar-refractivity contribution < 1.29 is 19.1 Å². The van der Waals surface area contributed by atoms with Crippen molar-refractivity contribution in [2.45, 2.75) is 64.8 Å². The van der Waals surface area contributed by atoms with Crippen molar-refractivity contribution in [3.63, 3.8) is 0 Å². The van der Waals surface area contributed by atoms with Crippen molar-refractivity contribution >= 4 is 29.7 Å². The van der Waals surface area contributed by atoms with Crippen LogP contribution in [0.3, 0.4) is 0 Å². The lowest BCUT2D eigenvalue weighted by Crippen LogP contribution is -2.52. The molecule has 1 aromatic rings. The van der Waals surface area contributed by atoms with E-state index in [-0.39, 0.29) is 6.04 Å². The van der Waals surface area contributed by atoms with E-state index in [2.05, 4.69) is 22.6 Å². The quantitative estimate of drug-likeness (QED) is 0.426. The molecule has 0 saturated carbocycles. The van der Waals surface area contributed by atoms with Crippen LogP contribution in [0.15, 0.2) is 24.3 Å².